The van der Waals surface area contributed by atoms with Gasteiger partial charge < -0.3 is 9.47 Å². The van der Waals surface area contributed by atoms with E-state index in [0.29, 0.717) is 32.4 Å². The smallest absolute Gasteiger partial charge is 0.336 e. The SMILES string of the molecule is COc1ccc(-n2c(=O)c3sc4ccccc4c3n(Cc3ccccc3Cl)c2=O)cc1OC. The fourth-order valence-corrected chi connectivity index (χ4v) is 5.32. The van der Waals surface area contributed by atoms with Crippen LogP contribution in [0.1, 0.15) is 5.56 Å². The molecule has 0 aliphatic carbocycles. The second kappa shape index (κ2) is 8.42. The van der Waals surface area contributed by atoms with Crippen molar-refractivity contribution in [2.45, 2.75) is 6.54 Å². The van der Waals surface area contributed by atoms with E-state index in [1.807, 2.05) is 42.5 Å². The molecule has 0 saturated carbocycles. The van der Waals surface area contributed by atoms with Gasteiger partial charge in [-0.15, -0.1) is 11.3 Å². The highest BCUT2D eigenvalue weighted by Gasteiger charge is 2.20. The summed E-state index contributed by atoms with van der Waals surface area (Å²) in [6.45, 7) is 0.225. The van der Waals surface area contributed by atoms with E-state index in [2.05, 4.69) is 0 Å². The van der Waals surface area contributed by atoms with Crippen LogP contribution in [0.3, 0.4) is 0 Å². The molecule has 0 spiro atoms. The maximum atomic E-state index is 13.8. The van der Waals surface area contributed by atoms with Gasteiger partial charge in [-0.2, -0.15) is 0 Å². The Morgan fingerprint density at radius 3 is 2.39 bits per heavy atom. The van der Waals surface area contributed by atoms with Crippen molar-refractivity contribution in [3.8, 4) is 17.2 Å². The number of benzene rings is 3. The Morgan fingerprint density at radius 1 is 0.909 bits per heavy atom. The fourth-order valence-electron chi connectivity index (χ4n) is 3.98. The lowest BCUT2D eigenvalue weighted by molar-refractivity contribution is 0.355. The molecule has 0 atom stereocenters. The number of methoxy groups -OCH3 is 2. The molecule has 0 N–H and O–H groups in total. The summed E-state index contributed by atoms with van der Waals surface area (Å²) in [7, 11) is 3.04. The number of thiophene rings is 1. The first-order chi connectivity index (χ1) is 16.0. The molecule has 2 heterocycles. The van der Waals surface area contributed by atoms with Gasteiger partial charge in [0.05, 0.1) is 32.0 Å². The Morgan fingerprint density at radius 2 is 1.64 bits per heavy atom. The van der Waals surface area contributed by atoms with Gasteiger partial charge in [-0.3, -0.25) is 9.36 Å². The zero-order chi connectivity index (χ0) is 23.1. The lowest BCUT2D eigenvalue weighted by atomic mass is 10.2. The molecule has 8 heteroatoms. The van der Waals surface area contributed by atoms with E-state index in [1.54, 1.807) is 28.8 Å². The molecule has 0 aliphatic heterocycles. The normalized spacial score (nSPS) is 11.2. The Hall–Kier alpha value is -3.55. The van der Waals surface area contributed by atoms with E-state index in [9.17, 15) is 9.59 Å². The second-order valence-corrected chi connectivity index (χ2v) is 8.88. The number of nitrogens with zero attached hydrogens (tertiary/aromatic N) is 2. The molecule has 3 aromatic carbocycles. The number of aromatic nitrogens is 2. The van der Waals surface area contributed by atoms with Gasteiger partial charge in [0, 0.05) is 21.2 Å². The summed E-state index contributed by atoms with van der Waals surface area (Å²) >= 11 is 7.79. The van der Waals surface area contributed by atoms with Crippen molar-refractivity contribution >= 4 is 43.2 Å². The lowest BCUT2D eigenvalue weighted by Gasteiger charge is -2.15. The number of ether oxygens (including phenoxy) is 2. The topological polar surface area (TPSA) is 62.5 Å². The Labute approximate surface area is 197 Å². The molecule has 0 aliphatic rings. The molecule has 0 radical (unpaired) electrons. The highest BCUT2D eigenvalue weighted by molar-refractivity contribution is 7.25. The monoisotopic (exact) mass is 478 g/mol. The van der Waals surface area contributed by atoms with Gasteiger partial charge in [-0.1, -0.05) is 48.0 Å². The van der Waals surface area contributed by atoms with Crippen LogP contribution in [-0.2, 0) is 6.54 Å². The molecule has 0 unspecified atom stereocenters. The highest BCUT2D eigenvalue weighted by atomic mass is 35.5. The molecule has 6 nitrogen and oxygen atoms in total. The molecule has 2 aromatic heterocycles. The van der Waals surface area contributed by atoms with Crippen LogP contribution in [0.5, 0.6) is 11.5 Å². The maximum Gasteiger partial charge on any atom is 0.336 e. The van der Waals surface area contributed by atoms with Gasteiger partial charge in [0.1, 0.15) is 4.70 Å². The molecule has 5 rings (SSSR count). The summed E-state index contributed by atoms with van der Waals surface area (Å²) < 4.78 is 14.9. The lowest BCUT2D eigenvalue weighted by Crippen LogP contribution is -2.38. The summed E-state index contributed by atoms with van der Waals surface area (Å²) in [5.74, 6) is 0.934. The van der Waals surface area contributed by atoms with Crippen LogP contribution < -0.4 is 20.7 Å². The number of rotatable bonds is 5. The average Bonchev–Trinajstić information content (AvgIpc) is 3.23. The fraction of sp³-hybridized carbons (Fsp3) is 0.120. The van der Waals surface area contributed by atoms with Crippen LogP contribution in [0, 0.1) is 0 Å². The minimum absolute atomic E-state index is 0.225. The summed E-state index contributed by atoms with van der Waals surface area (Å²) in [6.07, 6.45) is 0. The minimum Gasteiger partial charge on any atom is -0.493 e. The zero-order valence-corrected chi connectivity index (χ0v) is 19.4. The van der Waals surface area contributed by atoms with E-state index in [1.165, 1.54) is 30.1 Å². The molecule has 0 amide bonds. The molecular formula is C25H19ClN2O4S. The number of hydrogen-bond acceptors (Lipinski definition) is 5. The Kier molecular flexibility index (Phi) is 5.44. The molecule has 0 saturated heterocycles. The summed E-state index contributed by atoms with van der Waals surface area (Å²) in [4.78, 5) is 27.4. The Balaban J connectivity index is 1.87. The number of fused-ring (bicyclic) bond motifs is 3. The van der Waals surface area contributed by atoms with E-state index < -0.39 is 5.69 Å². The number of hydrogen-bond donors (Lipinski definition) is 0. The predicted molar refractivity (Wildman–Crippen MR) is 133 cm³/mol. The van der Waals surface area contributed by atoms with Crippen molar-refractivity contribution < 1.29 is 9.47 Å². The van der Waals surface area contributed by atoms with Crippen molar-refractivity contribution in [1.29, 1.82) is 0 Å². The standard InChI is InChI=1S/C25H19ClN2O4S/c1-31-19-12-11-16(13-20(19)32-2)28-24(29)23-22(17-8-4-6-10-21(17)33-23)27(25(28)30)14-15-7-3-5-9-18(15)26/h3-13H,14H2,1-2H3. The highest BCUT2D eigenvalue weighted by Crippen LogP contribution is 2.33. The van der Waals surface area contributed by atoms with Gasteiger partial charge in [-0.25, -0.2) is 9.36 Å². The first kappa shape index (κ1) is 21.3. The van der Waals surface area contributed by atoms with Gasteiger partial charge >= 0.3 is 5.69 Å². The third kappa shape index (κ3) is 3.50. The van der Waals surface area contributed by atoms with Crippen LogP contribution in [-0.4, -0.2) is 23.4 Å². The van der Waals surface area contributed by atoms with Gasteiger partial charge in [0.25, 0.3) is 5.56 Å². The van der Waals surface area contributed by atoms with E-state index in [-0.39, 0.29) is 12.1 Å². The van der Waals surface area contributed by atoms with Crippen molar-refractivity contribution in [1.82, 2.24) is 9.13 Å². The third-order valence-corrected chi connectivity index (χ3v) is 7.09. The summed E-state index contributed by atoms with van der Waals surface area (Å²) in [5.41, 5.74) is 0.967. The molecule has 0 bridgehead atoms. The van der Waals surface area contributed by atoms with E-state index in [4.69, 9.17) is 21.1 Å². The first-order valence-corrected chi connectivity index (χ1v) is 11.4. The largest absolute Gasteiger partial charge is 0.493 e. The van der Waals surface area contributed by atoms with Crippen molar-refractivity contribution in [3.63, 3.8) is 0 Å². The van der Waals surface area contributed by atoms with Gasteiger partial charge in [0.2, 0.25) is 0 Å². The predicted octanol–water partition coefficient (Wildman–Crippen LogP) is 5.09. The van der Waals surface area contributed by atoms with Crippen LogP contribution in [0.25, 0.3) is 26.0 Å². The molecule has 5 aromatic rings. The molecule has 166 valence electrons. The third-order valence-electron chi connectivity index (χ3n) is 5.57. The van der Waals surface area contributed by atoms with Crippen LogP contribution in [0.4, 0.5) is 0 Å². The Bertz CT molecular complexity index is 1630. The van der Waals surface area contributed by atoms with Crippen LogP contribution in [0.2, 0.25) is 5.02 Å². The maximum absolute atomic E-state index is 13.8. The van der Waals surface area contributed by atoms with E-state index in [0.717, 1.165) is 15.6 Å². The number of halogens is 1. The average molecular weight is 479 g/mol. The van der Waals surface area contributed by atoms with Gasteiger partial charge in [-0.05, 0) is 29.8 Å². The quantitative estimate of drug-likeness (QED) is 0.353. The zero-order valence-electron chi connectivity index (χ0n) is 17.9. The summed E-state index contributed by atoms with van der Waals surface area (Å²) in [6, 6.07) is 20.0. The van der Waals surface area contributed by atoms with E-state index >= 15 is 0 Å². The minimum atomic E-state index is -0.455. The molecule has 0 fully saturated rings. The van der Waals surface area contributed by atoms with Crippen LogP contribution in [0.15, 0.2) is 76.3 Å². The molecular weight excluding hydrogens is 460 g/mol. The second-order valence-electron chi connectivity index (χ2n) is 7.42. The van der Waals surface area contributed by atoms with Crippen molar-refractivity contribution in [2.75, 3.05) is 14.2 Å². The van der Waals surface area contributed by atoms with Crippen molar-refractivity contribution in [3.05, 3.63) is 98.2 Å². The summed E-state index contributed by atoms with van der Waals surface area (Å²) in [5, 5.41) is 1.42. The van der Waals surface area contributed by atoms with Crippen LogP contribution >= 0.6 is 22.9 Å². The first-order valence-electron chi connectivity index (χ1n) is 10.2. The van der Waals surface area contributed by atoms with Gasteiger partial charge in [0.15, 0.2) is 11.5 Å². The van der Waals surface area contributed by atoms with Crippen molar-refractivity contribution in [2.24, 2.45) is 0 Å². The molecule has 33 heavy (non-hydrogen) atoms.